The molecule has 1 aliphatic heterocycles. The van der Waals surface area contributed by atoms with Crippen LogP contribution in [0.3, 0.4) is 0 Å². The molecule has 1 aromatic rings. The van der Waals surface area contributed by atoms with Crippen molar-refractivity contribution >= 4 is 11.9 Å². The second kappa shape index (κ2) is 6.61. The molecule has 5 heteroatoms. The molecule has 5 nitrogen and oxygen atoms in total. The van der Waals surface area contributed by atoms with Crippen LogP contribution < -0.4 is 4.74 Å². The Balaban J connectivity index is 2.20. The summed E-state index contributed by atoms with van der Waals surface area (Å²) in [6, 6.07) is 6.20. The number of carbonyl (C=O) groups is 2. The molecule has 1 N–H and O–H groups in total. The molecule has 1 saturated heterocycles. The third-order valence-corrected chi connectivity index (χ3v) is 3.50. The van der Waals surface area contributed by atoms with E-state index in [2.05, 4.69) is 0 Å². The van der Waals surface area contributed by atoms with Crippen molar-refractivity contribution in [2.24, 2.45) is 0 Å². The molecule has 0 saturated carbocycles. The zero-order valence-corrected chi connectivity index (χ0v) is 12.4. The lowest BCUT2D eigenvalue weighted by molar-refractivity contribution is -0.143. The van der Waals surface area contributed by atoms with E-state index in [0.717, 1.165) is 12.8 Å². The van der Waals surface area contributed by atoms with Gasteiger partial charge < -0.3 is 14.7 Å². The van der Waals surface area contributed by atoms with Gasteiger partial charge in [-0.25, -0.2) is 4.79 Å². The highest BCUT2D eigenvalue weighted by Crippen LogP contribution is 2.22. The number of hydrogen-bond acceptors (Lipinski definition) is 3. The molecule has 1 fully saturated rings. The van der Waals surface area contributed by atoms with Crippen molar-refractivity contribution in [3.63, 3.8) is 0 Å². The molecule has 1 aromatic carbocycles. The maximum absolute atomic E-state index is 12.6. The van der Waals surface area contributed by atoms with Crippen LogP contribution in [0.15, 0.2) is 24.3 Å². The normalized spacial score (nSPS) is 18.6. The highest BCUT2D eigenvalue weighted by atomic mass is 16.5. The summed E-state index contributed by atoms with van der Waals surface area (Å²) in [5, 5.41) is 9.26. The quantitative estimate of drug-likeness (QED) is 0.925. The fourth-order valence-corrected chi connectivity index (χ4v) is 2.57. The Bertz CT molecular complexity index is 527. The Morgan fingerprint density at radius 1 is 1.33 bits per heavy atom. The second-order valence-electron chi connectivity index (χ2n) is 5.54. The van der Waals surface area contributed by atoms with Crippen molar-refractivity contribution in [1.29, 1.82) is 0 Å². The lowest BCUT2D eigenvalue weighted by Crippen LogP contribution is -2.47. The van der Waals surface area contributed by atoms with Crippen LogP contribution >= 0.6 is 0 Å². The van der Waals surface area contributed by atoms with E-state index in [0.29, 0.717) is 24.3 Å². The molecule has 0 aliphatic carbocycles. The van der Waals surface area contributed by atoms with Crippen molar-refractivity contribution in [2.75, 3.05) is 6.54 Å². The number of carbonyl (C=O) groups excluding carboxylic acids is 1. The topological polar surface area (TPSA) is 66.8 Å². The van der Waals surface area contributed by atoms with Crippen LogP contribution in [-0.2, 0) is 4.79 Å². The number of likely N-dealkylation sites (tertiary alicyclic amines) is 1. The van der Waals surface area contributed by atoms with Crippen molar-refractivity contribution in [3.8, 4) is 5.75 Å². The van der Waals surface area contributed by atoms with Crippen LogP contribution in [0, 0.1) is 0 Å². The van der Waals surface area contributed by atoms with Crippen LogP contribution in [0.5, 0.6) is 5.75 Å². The van der Waals surface area contributed by atoms with E-state index in [9.17, 15) is 14.7 Å². The third kappa shape index (κ3) is 3.74. The SMILES string of the molecule is CC(C)Oc1cccc(C(=O)N2CCCC[C@@H]2C(=O)O)c1. The number of carboxylic acids is 1. The summed E-state index contributed by atoms with van der Waals surface area (Å²) < 4.78 is 5.58. The summed E-state index contributed by atoms with van der Waals surface area (Å²) in [4.78, 5) is 25.3. The molecule has 1 atom stereocenters. The highest BCUT2D eigenvalue weighted by molar-refractivity contribution is 5.97. The molecular formula is C16H21NO4. The standard InChI is InChI=1S/C16H21NO4/c1-11(2)21-13-7-5-6-12(10-13)15(18)17-9-4-3-8-14(17)16(19)20/h5-7,10-11,14H,3-4,8-9H2,1-2H3,(H,19,20)/t14-/m1/s1. The van der Waals surface area contributed by atoms with Crippen LogP contribution in [0.1, 0.15) is 43.5 Å². The van der Waals surface area contributed by atoms with Crippen LogP contribution in [0.2, 0.25) is 0 Å². The summed E-state index contributed by atoms with van der Waals surface area (Å²) in [6.45, 7) is 4.32. The lowest BCUT2D eigenvalue weighted by atomic mass is 10.0. The van der Waals surface area contributed by atoms with Gasteiger partial charge in [-0.3, -0.25) is 4.79 Å². The Morgan fingerprint density at radius 2 is 2.10 bits per heavy atom. The molecule has 0 bridgehead atoms. The fourth-order valence-electron chi connectivity index (χ4n) is 2.57. The molecule has 21 heavy (non-hydrogen) atoms. The summed E-state index contributed by atoms with van der Waals surface area (Å²) in [6.07, 6.45) is 2.23. The number of carboxylic acid groups (broad SMARTS) is 1. The van der Waals surface area contributed by atoms with Gasteiger partial charge in [0.05, 0.1) is 6.10 Å². The van der Waals surface area contributed by atoms with Gasteiger partial charge in [0.15, 0.2) is 0 Å². The summed E-state index contributed by atoms with van der Waals surface area (Å²) in [7, 11) is 0. The van der Waals surface area contributed by atoms with E-state index in [1.165, 1.54) is 4.90 Å². The first-order chi connectivity index (χ1) is 9.99. The first-order valence-corrected chi connectivity index (χ1v) is 7.29. The van der Waals surface area contributed by atoms with Crippen LogP contribution in [0.25, 0.3) is 0 Å². The Labute approximate surface area is 124 Å². The monoisotopic (exact) mass is 291 g/mol. The van der Waals surface area contributed by atoms with Crippen molar-refractivity contribution in [2.45, 2.75) is 45.3 Å². The fraction of sp³-hybridized carbons (Fsp3) is 0.500. The maximum Gasteiger partial charge on any atom is 0.326 e. The zero-order valence-electron chi connectivity index (χ0n) is 12.4. The van der Waals surface area contributed by atoms with Gasteiger partial charge in [-0.2, -0.15) is 0 Å². The molecule has 114 valence electrons. The summed E-state index contributed by atoms with van der Waals surface area (Å²) in [5.74, 6) is -0.548. The Morgan fingerprint density at radius 3 is 2.76 bits per heavy atom. The number of hydrogen-bond donors (Lipinski definition) is 1. The highest BCUT2D eigenvalue weighted by Gasteiger charge is 2.32. The molecule has 2 rings (SSSR count). The van der Waals surface area contributed by atoms with Gasteiger partial charge in [0, 0.05) is 12.1 Å². The van der Waals surface area contributed by atoms with Gasteiger partial charge in [0.25, 0.3) is 5.91 Å². The van der Waals surface area contributed by atoms with Gasteiger partial charge >= 0.3 is 5.97 Å². The number of rotatable bonds is 4. The first kappa shape index (κ1) is 15.4. The van der Waals surface area contributed by atoms with Crippen molar-refractivity contribution in [1.82, 2.24) is 4.90 Å². The van der Waals surface area contributed by atoms with E-state index >= 15 is 0 Å². The molecule has 1 aliphatic rings. The van der Waals surface area contributed by atoms with Gasteiger partial charge in [-0.05, 0) is 51.3 Å². The molecule has 1 heterocycles. The first-order valence-electron chi connectivity index (χ1n) is 7.29. The Hall–Kier alpha value is -2.04. The predicted octanol–water partition coefficient (Wildman–Crippen LogP) is 2.55. The van der Waals surface area contributed by atoms with Gasteiger partial charge in [0.1, 0.15) is 11.8 Å². The molecule has 0 radical (unpaired) electrons. The number of amides is 1. The molecule has 0 spiro atoms. The number of piperidine rings is 1. The van der Waals surface area contributed by atoms with E-state index < -0.39 is 12.0 Å². The van der Waals surface area contributed by atoms with Gasteiger partial charge in [0.2, 0.25) is 0 Å². The second-order valence-corrected chi connectivity index (χ2v) is 5.54. The minimum Gasteiger partial charge on any atom is -0.491 e. The van der Waals surface area contributed by atoms with Gasteiger partial charge in [-0.1, -0.05) is 6.07 Å². The molecule has 0 unspecified atom stereocenters. The lowest BCUT2D eigenvalue weighted by Gasteiger charge is -2.33. The summed E-state index contributed by atoms with van der Waals surface area (Å²) >= 11 is 0. The molecular weight excluding hydrogens is 270 g/mol. The molecule has 1 amide bonds. The van der Waals surface area contributed by atoms with Gasteiger partial charge in [-0.15, -0.1) is 0 Å². The van der Waals surface area contributed by atoms with Crippen molar-refractivity contribution < 1.29 is 19.4 Å². The molecule has 0 aromatic heterocycles. The number of benzene rings is 1. The smallest absolute Gasteiger partial charge is 0.326 e. The number of ether oxygens (including phenoxy) is 1. The summed E-state index contributed by atoms with van der Waals surface area (Å²) in [5.41, 5.74) is 0.473. The Kier molecular flexibility index (Phi) is 4.83. The average Bonchev–Trinajstić information content (AvgIpc) is 2.46. The van der Waals surface area contributed by atoms with Crippen LogP contribution in [0.4, 0.5) is 0 Å². The zero-order chi connectivity index (χ0) is 15.4. The minimum absolute atomic E-state index is 0.0251. The number of aliphatic carboxylic acids is 1. The van der Waals surface area contributed by atoms with E-state index in [-0.39, 0.29) is 12.0 Å². The minimum atomic E-state index is -0.933. The van der Waals surface area contributed by atoms with E-state index in [1.54, 1.807) is 24.3 Å². The number of nitrogens with zero attached hydrogens (tertiary/aromatic N) is 1. The third-order valence-electron chi connectivity index (χ3n) is 3.50. The predicted molar refractivity (Wildman–Crippen MR) is 78.5 cm³/mol. The van der Waals surface area contributed by atoms with E-state index in [4.69, 9.17) is 4.74 Å². The van der Waals surface area contributed by atoms with E-state index in [1.807, 2.05) is 13.8 Å². The largest absolute Gasteiger partial charge is 0.491 e. The van der Waals surface area contributed by atoms with Crippen LogP contribution in [-0.4, -0.2) is 40.6 Å². The average molecular weight is 291 g/mol. The maximum atomic E-state index is 12.6. The van der Waals surface area contributed by atoms with Crippen molar-refractivity contribution in [3.05, 3.63) is 29.8 Å².